The molecule has 0 atom stereocenters. The highest BCUT2D eigenvalue weighted by Gasteiger charge is 2.21. The molecule has 0 aliphatic rings. The monoisotopic (exact) mass is 570 g/mol. The third-order valence-electron chi connectivity index (χ3n) is 7.81. The Hall–Kier alpha value is -6.14. The van der Waals surface area contributed by atoms with Gasteiger partial charge in [0, 0.05) is 44.4 Å². The van der Waals surface area contributed by atoms with E-state index in [0.717, 1.165) is 38.4 Å². The van der Waals surface area contributed by atoms with Crippen molar-refractivity contribution in [3.05, 3.63) is 140 Å². The third-order valence-corrected chi connectivity index (χ3v) is 7.81. The van der Waals surface area contributed by atoms with Crippen LogP contribution >= 0.6 is 0 Å². The summed E-state index contributed by atoms with van der Waals surface area (Å²) >= 11 is 0. The van der Waals surface area contributed by atoms with E-state index in [1.807, 2.05) is 84.9 Å². The molecular weight excluding hydrogens is 542 g/mol. The van der Waals surface area contributed by atoms with Crippen LogP contribution in [0.4, 0.5) is 0 Å². The van der Waals surface area contributed by atoms with Crippen molar-refractivity contribution in [2.45, 2.75) is 0 Å². The average molecular weight is 571 g/mol. The molecule has 5 aromatic carbocycles. The lowest BCUT2D eigenvalue weighted by molar-refractivity contribution is 0.666. The van der Waals surface area contributed by atoms with Crippen molar-refractivity contribution < 1.29 is 11.3 Å². The van der Waals surface area contributed by atoms with E-state index in [1.54, 1.807) is 6.20 Å². The number of pyridine rings is 1. The topological polar surface area (TPSA) is 69.6 Å². The van der Waals surface area contributed by atoms with Gasteiger partial charge in [0.2, 0.25) is 0 Å². The summed E-state index contributed by atoms with van der Waals surface area (Å²) in [7, 11) is 0. The molecule has 6 heteroatoms. The van der Waals surface area contributed by atoms with Gasteiger partial charge in [0.15, 0.2) is 23.1 Å². The Kier molecular flexibility index (Phi) is 4.39. The Morgan fingerprint density at radius 3 is 2.20 bits per heavy atom. The van der Waals surface area contributed by atoms with Crippen molar-refractivity contribution in [3.8, 4) is 39.9 Å². The maximum absolute atomic E-state index is 8.65. The minimum absolute atomic E-state index is 0.0253. The third kappa shape index (κ3) is 3.75. The van der Waals surface area contributed by atoms with Gasteiger partial charge in [-0.05, 0) is 30.3 Å². The fraction of sp³-hybridized carbons (Fsp3) is 0. The van der Waals surface area contributed by atoms with Gasteiger partial charge < -0.3 is 4.42 Å². The van der Waals surface area contributed by atoms with Crippen molar-refractivity contribution in [1.29, 1.82) is 0 Å². The Labute approximate surface area is 259 Å². The van der Waals surface area contributed by atoms with Crippen molar-refractivity contribution in [1.82, 2.24) is 24.5 Å². The summed E-state index contributed by atoms with van der Waals surface area (Å²) < 4.78 is 50.7. The quantitative estimate of drug-likeness (QED) is 0.211. The zero-order chi connectivity index (χ0) is 33.4. The van der Waals surface area contributed by atoms with Crippen LogP contribution in [0.25, 0.3) is 83.7 Å². The van der Waals surface area contributed by atoms with Gasteiger partial charge in [-0.2, -0.15) is 0 Å². The number of aromatic nitrogens is 5. The first kappa shape index (κ1) is 19.9. The first-order valence-corrected chi connectivity index (χ1v) is 14.1. The maximum atomic E-state index is 8.65. The van der Waals surface area contributed by atoms with Crippen LogP contribution < -0.4 is 0 Å². The van der Waals surface area contributed by atoms with E-state index in [0.29, 0.717) is 28.1 Å². The first-order valence-electron chi connectivity index (χ1n) is 16.6. The summed E-state index contributed by atoms with van der Waals surface area (Å²) in [5.41, 5.74) is 5.12. The number of rotatable bonds is 4. The number of nitrogens with zero attached hydrogens (tertiary/aromatic N) is 5. The fourth-order valence-corrected chi connectivity index (χ4v) is 5.92. The molecule has 0 amide bonds. The van der Waals surface area contributed by atoms with E-state index < -0.39 is 30.2 Å². The predicted octanol–water partition coefficient (Wildman–Crippen LogP) is 9.26. The highest BCUT2D eigenvalue weighted by molar-refractivity contribution is 6.15. The molecular formula is C38H23N5O. The molecule has 0 unspecified atom stereocenters. The van der Waals surface area contributed by atoms with Gasteiger partial charge in [0.05, 0.1) is 18.1 Å². The molecule has 0 spiro atoms. The number of fused-ring (bicyclic) bond motifs is 6. The Morgan fingerprint density at radius 2 is 1.32 bits per heavy atom. The first-order chi connectivity index (χ1) is 23.9. The predicted molar refractivity (Wildman–Crippen MR) is 176 cm³/mol. The second kappa shape index (κ2) is 9.71. The molecule has 0 N–H and O–H groups in total. The molecule has 6 nitrogen and oxygen atoms in total. The summed E-state index contributed by atoms with van der Waals surface area (Å²) in [5.74, 6) is 0.546. The van der Waals surface area contributed by atoms with E-state index in [-0.39, 0.29) is 17.2 Å². The SMILES string of the molecule is [2H]c1c([2H])c([2H])c(-c2nc(-c3ccccc3)nc(-c3cccc4oc5c(-n6c7ccccc7c7cccnc76)cccc5c34)n2)c([2H])c1[2H]. The highest BCUT2D eigenvalue weighted by Crippen LogP contribution is 2.40. The van der Waals surface area contributed by atoms with E-state index >= 15 is 0 Å². The number of hydrogen-bond acceptors (Lipinski definition) is 5. The van der Waals surface area contributed by atoms with E-state index in [4.69, 9.17) is 26.2 Å². The van der Waals surface area contributed by atoms with Crippen LogP contribution in [-0.4, -0.2) is 24.5 Å². The molecule has 44 heavy (non-hydrogen) atoms. The number of hydrogen-bond donors (Lipinski definition) is 0. The molecule has 4 heterocycles. The van der Waals surface area contributed by atoms with E-state index in [9.17, 15) is 0 Å². The van der Waals surface area contributed by atoms with Gasteiger partial charge in [-0.15, -0.1) is 0 Å². The fourth-order valence-electron chi connectivity index (χ4n) is 5.92. The van der Waals surface area contributed by atoms with Gasteiger partial charge in [0.25, 0.3) is 0 Å². The second-order valence-electron chi connectivity index (χ2n) is 10.3. The van der Waals surface area contributed by atoms with Gasteiger partial charge in [0.1, 0.15) is 11.2 Å². The molecule has 9 rings (SSSR count). The minimum Gasteiger partial charge on any atom is -0.454 e. The summed E-state index contributed by atoms with van der Waals surface area (Å²) in [4.78, 5) is 19.1. The summed E-state index contributed by atoms with van der Waals surface area (Å²) in [6.45, 7) is 0. The van der Waals surface area contributed by atoms with Crippen molar-refractivity contribution >= 4 is 43.9 Å². The van der Waals surface area contributed by atoms with Gasteiger partial charge in [-0.1, -0.05) is 103 Å². The molecule has 0 radical (unpaired) electrons. The van der Waals surface area contributed by atoms with Crippen molar-refractivity contribution in [2.24, 2.45) is 0 Å². The largest absolute Gasteiger partial charge is 0.454 e. The normalized spacial score (nSPS) is 13.2. The van der Waals surface area contributed by atoms with E-state index in [1.165, 1.54) is 0 Å². The van der Waals surface area contributed by atoms with Crippen LogP contribution in [0.2, 0.25) is 0 Å². The number of para-hydroxylation sites is 2. The lowest BCUT2D eigenvalue weighted by atomic mass is 10.0. The second-order valence-corrected chi connectivity index (χ2v) is 10.3. The van der Waals surface area contributed by atoms with Crippen LogP contribution in [-0.2, 0) is 0 Å². The standard InChI is InChI=1S/C38H23N5O/c1-3-12-24(13-4-1)35-40-36(25-14-5-2-6-15-25)42-37(41-35)29-18-10-22-32-33(29)28-17-9-21-31(34(28)44-32)43-30-20-8-7-16-26(30)27-19-11-23-39-38(27)43/h1-23H/i1D,3D,4D,12D,13D. The van der Waals surface area contributed by atoms with Crippen LogP contribution in [0.3, 0.4) is 0 Å². The van der Waals surface area contributed by atoms with Crippen LogP contribution in [0.15, 0.2) is 144 Å². The zero-order valence-corrected chi connectivity index (χ0v) is 23.0. The zero-order valence-electron chi connectivity index (χ0n) is 28.0. The van der Waals surface area contributed by atoms with Crippen molar-refractivity contribution in [3.63, 3.8) is 0 Å². The lowest BCUT2D eigenvalue weighted by Gasteiger charge is -2.09. The van der Waals surface area contributed by atoms with E-state index in [2.05, 4.69) is 27.8 Å². The van der Waals surface area contributed by atoms with Gasteiger partial charge >= 0.3 is 0 Å². The molecule has 4 aromatic heterocycles. The minimum atomic E-state index is -0.486. The van der Waals surface area contributed by atoms with Crippen LogP contribution in [0, 0.1) is 0 Å². The van der Waals surface area contributed by atoms with Crippen LogP contribution in [0.5, 0.6) is 0 Å². The molecule has 0 saturated carbocycles. The highest BCUT2D eigenvalue weighted by atomic mass is 16.3. The molecule has 0 saturated heterocycles. The smallest absolute Gasteiger partial charge is 0.164 e. The van der Waals surface area contributed by atoms with Gasteiger partial charge in [-0.3, -0.25) is 4.57 Å². The summed E-state index contributed by atoms with van der Waals surface area (Å²) in [6, 6.07) is 30.9. The number of benzene rings is 5. The Bertz CT molecular complexity index is 2710. The average Bonchev–Trinajstić information content (AvgIpc) is 3.70. The lowest BCUT2D eigenvalue weighted by Crippen LogP contribution is -2.00. The molecule has 206 valence electrons. The van der Waals surface area contributed by atoms with Gasteiger partial charge in [-0.25, -0.2) is 19.9 Å². The summed E-state index contributed by atoms with van der Waals surface area (Å²) in [5, 5.41) is 3.71. The molecule has 9 aromatic rings. The molecule has 0 bridgehead atoms. The molecule has 0 aliphatic heterocycles. The molecule has 0 aliphatic carbocycles. The van der Waals surface area contributed by atoms with Crippen LogP contribution in [0.1, 0.15) is 6.85 Å². The number of furan rings is 1. The maximum Gasteiger partial charge on any atom is 0.164 e. The Morgan fingerprint density at radius 1 is 0.591 bits per heavy atom. The Balaban J connectivity index is 1.33. The molecule has 0 fully saturated rings. The summed E-state index contributed by atoms with van der Waals surface area (Å²) in [6.07, 6.45) is 1.78. The van der Waals surface area contributed by atoms with Crippen molar-refractivity contribution in [2.75, 3.05) is 0 Å².